The molecule has 0 aliphatic heterocycles. The summed E-state index contributed by atoms with van der Waals surface area (Å²) >= 11 is 5.89. The summed E-state index contributed by atoms with van der Waals surface area (Å²) in [5, 5.41) is 0.209. The molecule has 96 valence electrons. The van der Waals surface area contributed by atoms with Gasteiger partial charge in [-0.25, -0.2) is 8.42 Å². The van der Waals surface area contributed by atoms with Gasteiger partial charge in [0.05, 0.1) is 15.7 Å². The van der Waals surface area contributed by atoms with Gasteiger partial charge in [0.2, 0.25) is 0 Å². The lowest BCUT2D eigenvalue weighted by Crippen LogP contribution is -2.07. The third kappa shape index (κ3) is 4.21. The van der Waals surface area contributed by atoms with Crippen molar-refractivity contribution in [1.82, 2.24) is 0 Å². The number of unbranched alkanes of at least 4 members (excludes halogenated alkanes) is 3. The number of nitrogens with two attached hydrogens (primary N) is 1. The van der Waals surface area contributed by atoms with Crippen molar-refractivity contribution in [1.29, 1.82) is 0 Å². The molecule has 0 saturated carbocycles. The van der Waals surface area contributed by atoms with Gasteiger partial charge in [-0.3, -0.25) is 0 Å². The highest BCUT2D eigenvalue weighted by molar-refractivity contribution is 7.91. The fraction of sp³-hybridized carbons (Fsp3) is 0.500. The first kappa shape index (κ1) is 14.3. The zero-order chi connectivity index (χ0) is 12.9. The standard InChI is InChI=1S/C12H18ClNO2S/c1-2-3-4-5-8-17(15,16)12-7-6-10(14)9-11(12)13/h6-7,9H,2-5,8,14H2,1H3. The molecule has 0 radical (unpaired) electrons. The van der Waals surface area contributed by atoms with Gasteiger partial charge in [0.15, 0.2) is 9.84 Å². The molecule has 0 amide bonds. The Kier molecular flexibility index (Phi) is 5.28. The van der Waals surface area contributed by atoms with Crippen LogP contribution in [0.5, 0.6) is 0 Å². The van der Waals surface area contributed by atoms with Crippen LogP contribution in [0.1, 0.15) is 32.6 Å². The largest absolute Gasteiger partial charge is 0.399 e. The van der Waals surface area contributed by atoms with E-state index in [0.717, 1.165) is 19.3 Å². The Morgan fingerprint density at radius 3 is 2.53 bits per heavy atom. The first-order chi connectivity index (χ1) is 7.97. The van der Waals surface area contributed by atoms with Crippen molar-refractivity contribution in [2.75, 3.05) is 11.5 Å². The SMILES string of the molecule is CCCCCCS(=O)(=O)c1ccc(N)cc1Cl. The third-order valence-electron chi connectivity index (χ3n) is 2.56. The molecule has 0 fully saturated rings. The predicted octanol–water partition coefficient (Wildman–Crippen LogP) is 3.28. The van der Waals surface area contributed by atoms with Gasteiger partial charge in [-0.2, -0.15) is 0 Å². The van der Waals surface area contributed by atoms with Gasteiger partial charge < -0.3 is 5.73 Å². The van der Waals surface area contributed by atoms with Crippen LogP contribution in [-0.2, 0) is 9.84 Å². The molecule has 0 aliphatic carbocycles. The average molecular weight is 276 g/mol. The molecule has 1 rings (SSSR count). The summed E-state index contributed by atoms with van der Waals surface area (Å²) in [5.41, 5.74) is 6.00. The molecule has 1 aromatic rings. The van der Waals surface area contributed by atoms with Gasteiger partial charge in [-0.1, -0.05) is 37.8 Å². The molecule has 0 atom stereocenters. The van der Waals surface area contributed by atoms with Gasteiger partial charge in [0, 0.05) is 5.69 Å². The Balaban J connectivity index is 2.76. The molecule has 2 N–H and O–H groups in total. The van der Waals surface area contributed by atoms with E-state index in [1.54, 1.807) is 6.07 Å². The molecule has 0 spiro atoms. The Morgan fingerprint density at radius 1 is 1.24 bits per heavy atom. The van der Waals surface area contributed by atoms with Crippen LogP contribution in [0.3, 0.4) is 0 Å². The lowest BCUT2D eigenvalue weighted by Gasteiger charge is -2.07. The fourth-order valence-electron chi connectivity index (χ4n) is 1.60. The molecule has 3 nitrogen and oxygen atoms in total. The van der Waals surface area contributed by atoms with Crippen molar-refractivity contribution in [3.8, 4) is 0 Å². The molecular formula is C12H18ClNO2S. The first-order valence-electron chi connectivity index (χ1n) is 5.75. The van der Waals surface area contributed by atoms with E-state index in [2.05, 4.69) is 6.92 Å². The first-order valence-corrected chi connectivity index (χ1v) is 7.78. The number of benzene rings is 1. The summed E-state index contributed by atoms with van der Waals surface area (Å²) in [6.07, 6.45) is 3.76. The second kappa shape index (κ2) is 6.26. The molecule has 0 unspecified atom stereocenters. The van der Waals surface area contributed by atoms with E-state index in [9.17, 15) is 8.42 Å². The summed E-state index contributed by atoms with van der Waals surface area (Å²) < 4.78 is 24.0. The Hall–Kier alpha value is -0.740. The summed E-state index contributed by atoms with van der Waals surface area (Å²) in [6, 6.07) is 4.51. The maximum absolute atomic E-state index is 12.0. The van der Waals surface area contributed by atoms with E-state index in [1.807, 2.05) is 0 Å². The molecule has 0 saturated heterocycles. The molecule has 0 aliphatic rings. The Bertz CT molecular complexity index is 471. The van der Waals surface area contributed by atoms with E-state index in [4.69, 9.17) is 17.3 Å². The minimum atomic E-state index is -3.28. The average Bonchev–Trinajstić information content (AvgIpc) is 2.24. The lowest BCUT2D eigenvalue weighted by molar-refractivity contribution is 0.589. The van der Waals surface area contributed by atoms with Crippen molar-refractivity contribution in [3.63, 3.8) is 0 Å². The lowest BCUT2D eigenvalue weighted by atomic mass is 10.2. The third-order valence-corrected chi connectivity index (χ3v) is 4.83. The summed E-state index contributed by atoms with van der Waals surface area (Å²) in [7, 11) is -3.28. The van der Waals surface area contributed by atoms with Gasteiger partial charge in [0.25, 0.3) is 0 Å². The van der Waals surface area contributed by atoms with Gasteiger partial charge in [-0.15, -0.1) is 0 Å². The van der Waals surface area contributed by atoms with Crippen molar-refractivity contribution in [2.45, 2.75) is 37.5 Å². The summed E-state index contributed by atoms with van der Waals surface area (Å²) in [6.45, 7) is 2.09. The second-order valence-electron chi connectivity index (χ2n) is 4.07. The Morgan fingerprint density at radius 2 is 1.94 bits per heavy atom. The Labute approximate surface area is 108 Å². The fourth-order valence-corrected chi connectivity index (χ4v) is 3.58. The van der Waals surface area contributed by atoms with Crippen LogP contribution < -0.4 is 5.73 Å². The molecule has 1 aromatic carbocycles. The summed E-state index contributed by atoms with van der Waals surface area (Å²) in [4.78, 5) is 0.185. The molecular weight excluding hydrogens is 258 g/mol. The van der Waals surface area contributed by atoms with Crippen LogP contribution in [0.4, 0.5) is 5.69 Å². The van der Waals surface area contributed by atoms with E-state index < -0.39 is 9.84 Å². The van der Waals surface area contributed by atoms with Crippen LogP contribution >= 0.6 is 11.6 Å². The van der Waals surface area contributed by atoms with Crippen LogP contribution in [0, 0.1) is 0 Å². The molecule has 0 aromatic heterocycles. The second-order valence-corrected chi connectivity index (χ2v) is 6.55. The van der Waals surface area contributed by atoms with E-state index in [1.165, 1.54) is 12.1 Å². The zero-order valence-corrected chi connectivity index (χ0v) is 11.5. The van der Waals surface area contributed by atoms with Crippen LogP contribution in [0.25, 0.3) is 0 Å². The van der Waals surface area contributed by atoms with Crippen molar-refractivity contribution in [3.05, 3.63) is 23.2 Å². The monoisotopic (exact) mass is 275 g/mol. The number of halogens is 1. The number of sulfone groups is 1. The van der Waals surface area contributed by atoms with E-state index >= 15 is 0 Å². The number of nitrogen functional groups attached to an aromatic ring is 1. The summed E-state index contributed by atoms with van der Waals surface area (Å²) in [5.74, 6) is 0.149. The molecule has 0 heterocycles. The minimum Gasteiger partial charge on any atom is -0.399 e. The number of rotatable bonds is 6. The highest BCUT2D eigenvalue weighted by Crippen LogP contribution is 2.25. The number of anilines is 1. The zero-order valence-electron chi connectivity index (χ0n) is 9.95. The van der Waals surface area contributed by atoms with Crippen LogP contribution in [-0.4, -0.2) is 14.2 Å². The highest BCUT2D eigenvalue weighted by Gasteiger charge is 2.17. The normalized spacial score (nSPS) is 11.6. The predicted molar refractivity (Wildman–Crippen MR) is 72.1 cm³/mol. The van der Waals surface area contributed by atoms with Gasteiger partial charge in [-0.05, 0) is 24.6 Å². The maximum Gasteiger partial charge on any atom is 0.179 e. The van der Waals surface area contributed by atoms with Crippen LogP contribution in [0.15, 0.2) is 23.1 Å². The van der Waals surface area contributed by atoms with Gasteiger partial charge >= 0.3 is 0 Å². The maximum atomic E-state index is 12.0. The molecule has 5 heteroatoms. The number of hydrogen-bond donors (Lipinski definition) is 1. The van der Waals surface area contributed by atoms with Crippen molar-refractivity contribution in [2.24, 2.45) is 0 Å². The quantitative estimate of drug-likeness (QED) is 0.640. The van der Waals surface area contributed by atoms with Crippen molar-refractivity contribution < 1.29 is 8.42 Å². The smallest absolute Gasteiger partial charge is 0.179 e. The van der Waals surface area contributed by atoms with Gasteiger partial charge in [0.1, 0.15) is 0 Å². The van der Waals surface area contributed by atoms with Crippen molar-refractivity contribution >= 4 is 27.1 Å². The highest BCUT2D eigenvalue weighted by atomic mass is 35.5. The van der Waals surface area contributed by atoms with E-state index in [0.29, 0.717) is 12.1 Å². The minimum absolute atomic E-state index is 0.149. The van der Waals surface area contributed by atoms with Crippen LogP contribution in [0.2, 0.25) is 5.02 Å². The molecule has 17 heavy (non-hydrogen) atoms. The number of hydrogen-bond acceptors (Lipinski definition) is 3. The van der Waals surface area contributed by atoms with E-state index in [-0.39, 0.29) is 15.7 Å². The topological polar surface area (TPSA) is 60.2 Å². The molecule has 0 bridgehead atoms.